The fourth-order valence-electron chi connectivity index (χ4n) is 0.958. The van der Waals surface area contributed by atoms with Crippen LogP contribution >= 0.6 is 22.9 Å². The first kappa shape index (κ1) is 10.0. The second kappa shape index (κ2) is 3.77. The Balaban J connectivity index is 2.89. The van der Waals surface area contributed by atoms with Crippen LogP contribution in [-0.2, 0) is 0 Å². The van der Waals surface area contributed by atoms with Crippen molar-refractivity contribution in [1.82, 2.24) is 0 Å². The first-order chi connectivity index (χ1) is 5.52. The van der Waals surface area contributed by atoms with Gasteiger partial charge in [0.2, 0.25) is 0 Å². The molecule has 0 amide bonds. The summed E-state index contributed by atoms with van der Waals surface area (Å²) in [6, 6.07) is 1.96. The van der Waals surface area contributed by atoms with E-state index in [-0.39, 0.29) is 12.0 Å². The number of aliphatic hydroxyl groups excluding tert-OH is 1. The van der Waals surface area contributed by atoms with Crippen LogP contribution in [0.15, 0.2) is 6.07 Å². The first-order valence-electron chi connectivity index (χ1n) is 3.96. The molecule has 0 spiro atoms. The zero-order valence-corrected chi connectivity index (χ0v) is 9.04. The summed E-state index contributed by atoms with van der Waals surface area (Å²) in [6.45, 7) is 5.94. The van der Waals surface area contributed by atoms with Gasteiger partial charge >= 0.3 is 0 Å². The molecule has 0 radical (unpaired) electrons. The minimum Gasteiger partial charge on any atom is -0.387 e. The predicted octanol–water partition coefficient (Wildman–Crippen LogP) is 3.40. The number of hydrogen-bond acceptors (Lipinski definition) is 2. The summed E-state index contributed by atoms with van der Waals surface area (Å²) in [7, 11) is 0. The van der Waals surface area contributed by atoms with Crippen molar-refractivity contribution in [2.45, 2.75) is 26.9 Å². The van der Waals surface area contributed by atoms with Gasteiger partial charge in [-0.05, 0) is 24.5 Å². The normalized spacial score (nSPS) is 13.8. The van der Waals surface area contributed by atoms with Crippen molar-refractivity contribution in [2.24, 2.45) is 5.92 Å². The quantitative estimate of drug-likeness (QED) is 0.783. The molecule has 12 heavy (non-hydrogen) atoms. The van der Waals surface area contributed by atoms with Gasteiger partial charge in [-0.1, -0.05) is 25.4 Å². The van der Waals surface area contributed by atoms with Gasteiger partial charge in [-0.3, -0.25) is 0 Å². The zero-order chi connectivity index (χ0) is 9.30. The Morgan fingerprint density at radius 1 is 1.50 bits per heavy atom. The first-order valence-corrected chi connectivity index (χ1v) is 5.15. The summed E-state index contributed by atoms with van der Waals surface area (Å²) in [5.74, 6) is 0.249. The van der Waals surface area contributed by atoms with E-state index >= 15 is 0 Å². The van der Waals surface area contributed by atoms with Gasteiger partial charge < -0.3 is 5.11 Å². The summed E-state index contributed by atoms with van der Waals surface area (Å²) >= 11 is 7.35. The standard InChI is InChI=1S/C9H13ClOS/c1-5(2)8(11)7-4-6(3)9(10)12-7/h4-5,8,11H,1-3H3. The Bertz CT molecular complexity index is 248. The van der Waals surface area contributed by atoms with E-state index in [0.717, 1.165) is 14.8 Å². The van der Waals surface area contributed by atoms with Crippen molar-refractivity contribution >= 4 is 22.9 Å². The van der Waals surface area contributed by atoms with Gasteiger partial charge in [0.25, 0.3) is 0 Å². The molecule has 1 nitrogen and oxygen atoms in total. The number of aryl methyl sites for hydroxylation is 1. The maximum absolute atomic E-state index is 9.69. The Morgan fingerprint density at radius 2 is 2.08 bits per heavy atom. The third-order valence-electron chi connectivity index (χ3n) is 1.80. The number of thiophene rings is 1. The molecule has 0 aromatic carbocycles. The Morgan fingerprint density at radius 3 is 2.42 bits per heavy atom. The molecule has 1 atom stereocenters. The van der Waals surface area contributed by atoms with Crippen LogP contribution in [0.4, 0.5) is 0 Å². The topological polar surface area (TPSA) is 20.2 Å². The molecule has 1 aromatic heterocycles. The second-order valence-corrected chi connectivity index (χ2v) is 4.98. The van der Waals surface area contributed by atoms with Crippen molar-refractivity contribution in [2.75, 3.05) is 0 Å². The lowest BCUT2D eigenvalue weighted by Crippen LogP contribution is -2.02. The molecular weight excluding hydrogens is 192 g/mol. The maximum Gasteiger partial charge on any atom is 0.0961 e. The molecule has 0 saturated heterocycles. The van der Waals surface area contributed by atoms with E-state index in [4.69, 9.17) is 11.6 Å². The highest BCUT2D eigenvalue weighted by Crippen LogP contribution is 2.33. The molecular formula is C9H13ClOS. The van der Waals surface area contributed by atoms with Gasteiger partial charge in [0, 0.05) is 4.88 Å². The zero-order valence-electron chi connectivity index (χ0n) is 7.47. The molecule has 1 aromatic rings. The van der Waals surface area contributed by atoms with Gasteiger partial charge in [0.05, 0.1) is 10.4 Å². The highest BCUT2D eigenvalue weighted by Gasteiger charge is 2.15. The predicted molar refractivity (Wildman–Crippen MR) is 53.9 cm³/mol. The molecule has 1 heterocycles. The summed E-state index contributed by atoms with van der Waals surface area (Å²) in [6.07, 6.45) is -0.374. The van der Waals surface area contributed by atoms with E-state index in [9.17, 15) is 5.11 Å². The number of halogens is 1. The van der Waals surface area contributed by atoms with Crippen molar-refractivity contribution in [3.05, 3.63) is 20.8 Å². The Hall–Kier alpha value is -0.0500. The molecule has 0 bridgehead atoms. The third-order valence-corrected chi connectivity index (χ3v) is 3.43. The van der Waals surface area contributed by atoms with Crippen LogP contribution in [0.2, 0.25) is 4.34 Å². The van der Waals surface area contributed by atoms with E-state index in [2.05, 4.69) is 0 Å². The van der Waals surface area contributed by atoms with Gasteiger partial charge in [-0.2, -0.15) is 0 Å². The van der Waals surface area contributed by atoms with Gasteiger partial charge in [-0.25, -0.2) is 0 Å². The SMILES string of the molecule is Cc1cc(C(O)C(C)C)sc1Cl. The van der Waals surface area contributed by atoms with Crippen LogP contribution in [0.5, 0.6) is 0 Å². The highest BCUT2D eigenvalue weighted by molar-refractivity contribution is 7.16. The molecule has 0 aliphatic rings. The maximum atomic E-state index is 9.69. The van der Waals surface area contributed by atoms with E-state index in [1.54, 1.807) is 0 Å². The minimum atomic E-state index is -0.374. The van der Waals surface area contributed by atoms with Gasteiger partial charge in [0.1, 0.15) is 0 Å². The number of hydrogen-bond donors (Lipinski definition) is 1. The summed E-state index contributed by atoms with van der Waals surface area (Å²) in [5, 5.41) is 9.69. The van der Waals surface area contributed by atoms with Gasteiger partial charge in [0.15, 0.2) is 0 Å². The molecule has 3 heteroatoms. The Labute approximate surface area is 82.0 Å². The molecule has 1 unspecified atom stereocenters. The van der Waals surface area contributed by atoms with Crippen LogP contribution in [-0.4, -0.2) is 5.11 Å². The van der Waals surface area contributed by atoms with E-state index in [1.807, 2.05) is 26.8 Å². The molecule has 0 fully saturated rings. The molecule has 68 valence electrons. The number of aliphatic hydroxyl groups is 1. The van der Waals surface area contributed by atoms with Crippen LogP contribution in [0.1, 0.15) is 30.4 Å². The van der Waals surface area contributed by atoms with E-state index in [1.165, 1.54) is 11.3 Å². The van der Waals surface area contributed by atoms with Crippen molar-refractivity contribution in [3.8, 4) is 0 Å². The largest absolute Gasteiger partial charge is 0.387 e. The molecule has 1 N–H and O–H groups in total. The molecule has 0 saturated carbocycles. The molecule has 0 aliphatic carbocycles. The van der Waals surface area contributed by atoms with Gasteiger partial charge in [-0.15, -0.1) is 11.3 Å². The van der Waals surface area contributed by atoms with Crippen molar-refractivity contribution < 1.29 is 5.11 Å². The highest BCUT2D eigenvalue weighted by atomic mass is 35.5. The third kappa shape index (κ3) is 2.00. The van der Waals surface area contributed by atoms with Crippen LogP contribution in [0.25, 0.3) is 0 Å². The van der Waals surface area contributed by atoms with E-state index < -0.39 is 0 Å². The van der Waals surface area contributed by atoms with Crippen LogP contribution < -0.4 is 0 Å². The fourth-order valence-corrected chi connectivity index (χ4v) is 2.34. The summed E-state index contributed by atoms with van der Waals surface area (Å²) in [4.78, 5) is 0.965. The monoisotopic (exact) mass is 204 g/mol. The number of rotatable bonds is 2. The lowest BCUT2D eigenvalue weighted by Gasteiger charge is -2.11. The fraction of sp³-hybridized carbons (Fsp3) is 0.556. The average molecular weight is 205 g/mol. The summed E-state index contributed by atoms with van der Waals surface area (Å²) in [5.41, 5.74) is 1.05. The average Bonchev–Trinajstić information content (AvgIpc) is 2.30. The second-order valence-electron chi connectivity index (χ2n) is 3.29. The van der Waals surface area contributed by atoms with E-state index in [0.29, 0.717) is 0 Å². The lowest BCUT2D eigenvalue weighted by atomic mass is 10.1. The van der Waals surface area contributed by atoms with Crippen molar-refractivity contribution in [1.29, 1.82) is 0 Å². The van der Waals surface area contributed by atoms with Crippen molar-refractivity contribution in [3.63, 3.8) is 0 Å². The smallest absolute Gasteiger partial charge is 0.0961 e. The molecule has 0 aliphatic heterocycles. The minimum absolute atomic E-state index is 0.249. The summed E-state index contributed by atoms with van der Waals surface area (Å²) < 4.78 is 0.782. The van der Waals surface area contributed by atoms with Crippen LogP contribution in [0.3, 0.4) is 0 Å². The lowest BCUT2D eigenvalue weighted by molar-refractivity contribution is 0.130. The van der Waals surface area contributed by atoms with Crippen LogP contribution in [0, 0.1) is 12.8 Å². The Kier molecular flexibility index (Phi) is 3.16. The molecule has 1 rings (SSSR count).